The van der Waals surface area contributed by atoms with Crippen LogP contribution in [0, 0.1) is 0 Å². The molecule has 1 amide bonds. The van der Waals surface area contributed by atoms with Crippen LogP contribution < -0.4 is 30.2 Å². The highest BCUT2D eigenvalue weighted by Gasteiger charge is 2.31. The Labute approximate surface area is 185 Å². The number of amides is 1. The SMILES string of the molecule is COc1cc([C@@H]2NC(=S)NC(C)=C2C(=O)Nc2cccc(Cl)c2)cc(OC)c1OC. The second-order valence-electron chi connectivity index (χ2n) is 6.49. The van der Waals surface area contributed by atoms with Crippen LogP contribution in [0.2, 0.25) is 5.02 Å². The van der Waals surface area contributed by atoms with Gasteiger partial charge >= 0.3 is 0 Å². The molecule has 9 heteroatoms. The molecular weight excluding hydrogens is 426 g/mol. The lowest BCUT2D eigenvalue weighted by Gasteiger charge is -2.31. The molecule has 0 saturated heterocycles. The molecule has 0 bridgehead atoms. The number of ether oxygens (including phenoxy) is 3. The minimum atomic E-state index is -0.536. The molecule has 2 aromatic rings. The van der Waals surface area contributed by atoms with E-state index >= 15 is 0 Å². The maximum atomic E-state index is 13.2. The fraction of sp³-hybridized carbons (Fsp3) is 0.238. The van der Waals surface area contributed by atoms with E-state index < -0.39 is 6.04 Å². The number of hydrogen-bond acceptors (Lipinski definition) is 5. The smallest absolute Gasteiger partial charge is 0.255 e. The Bertz CT molecular complexity index is 1000. The van der Waals surface area contributed by atoms with Gasteiger partial charge in [-0.1, -0.05) is 17.7 Å². The van der Waals surface area contributed by atoms with E-state index in [1.54, 1.807) is 43.3 Å². The van der Waals surface area contributed by atoms with Gasteiger partial charge in [0.25, 0.3) is 5.91 Å². The van der Waals surface area contributed by atoms with Crippen LogP contribution >= 0.6 is 23.8 Å². The number of rotatable bonds is 6. The van der Waals surface area contributed by atoms with Crippen molar-refractivity contribution < 1.29 is 19.0 Å². The van der Waals surface area contributed by atoms with Crippen molar-refractivity contribution >= 4 is 40.5 Å². The first kappa shape index (κ1) is 21.7. The van der Waals surface area contributed by atoms with Crippen molar-refractivity contribution in [3.63, 3.8) is 0 Å². The topological polar surface area (TPSA) is 80.9 Å². The summed E-state index contributed by atoms with van der Waals surface area (Å²) in [6.07, 6.45) is 0. The molecule has 7 nitrogen and oxygen atoms in total. The average molecular weight is 448 g/mol. The number of hydrogen-bond donors (Lipinski definition) is 3. The molecule has 1 aliphatic rings. The molecule has 30 heavy (non-hydrogen) atoms. The van der Waals surface area contributed by atoms with Gasteiger partial charge < -0.3 is 30.2 Å². The molecule has 0 aliphatic carbocycles. The van der Waals surface area contributed by atoms with Gasteiger partial charge in [0.2, 0.25) is 5.75 Å². The maximum Gasteiger partial charge on any atom is 0.255 e. The predicted octanol–water partition coefficient (Wildman–Crippen LogP) is 3.80. The summed E-state index contributed by atoms with van der Waals surface area (Å²) in [5, 5.41) is 9.99. The highest BCUT2D eigenvalue weighted by atomic mass is 35.5. The second kappa shape index (κ2) is 9.23. The van der Waals surface area contributed by atoms with Gasteiger partial charge in [-0.15, -0.1) is 0 Å². The summed E-state index contributed by atoms with van der Waals surface area (Å²) >= 11 is 11.4. The summed E-state index contributed by atoms with van der Waals surface area (Å²) in [6.45, 7) is 1.80. The minimum Gasteiger partial charge on any atom is -0.493 e. The fourth-order valence-corrected chi connectivity index (χ4v) is 3.74. The highest BCUT2D eigenvalue weighted by Crippen LogP contribution is 2.41. The number of halogens is 1. The number of thiocarbonyl (C=S) groups is 1. The molecule has 0 saturated carbocycles. The van der Waals surface area contributed by atoms with Crippen molar-refractivity contribution in [2.24, 2.45) is 0 Å². The van der Waals surface area contributed by atoms with Gasteiger partial charge in [-0.25, -0.2) is 0 Å². The van der Waals surface area contributed by atoms with E-state index in [1.165, 1.54) is 21.3 Å². The van der Waals surface area contributed by atoms with Gasteiger partial charge in [0, 0.05) is 16.4 Å². The van der Waals surface area contributed by atoms with Crippen LogP contribution in [0.5, 0.6) is 17.2 Å². The number of nitrogens with one attached hydrogen (secondary N) is 3. The molecule has 0 radical (unpaired) electrons. The minimum absolute atomic E-state index is 0.295. The Balaban J connectivity index is 2.04. The van der Waals surface area contributed by atoms with Crippen LogP contribution in [0.3, 0.4) is 0 Å². The quantitative estimate of drug-likeness (QED) is 0.581. The van der Waals surface area contributed by atoms with Crippen LogP contribution in [-0.2, 0) is 4.79 Å². The molecular formula is C21H22ClN3O4S. The molecule has 158 valence electrons. The van der Waals surface area contributed by atoms with Crippen LogP contribution in [0.4, 0.5) is 5.69 Å². The molecule has 0 unspecified atom stereocenters. The first-order valence-corrected chi connectivity index (χ1v) is 9.81. The first-order chi connectivity index (χ1) is 14.4. The standard InChI is InChI=1S/C21H22ClN3O4S/c1-11-17(20(26)24-14-7-5-6-13(22)10-14)18(25-21(30)23-11)12-8-15(27-2)19(29-4)16(9-12)28-3/h5-10,18H,1-4H3,(H,24,26)(H2,23,25,30)/t18-/m0/s1. The Morgan fingerprint density at radius 2 is 1.77 bits per heavy atom. The Morgan fingerprint density at radius 1 is 1.10 bits per heavy atom. The summed E-state index contributed by atoms with van der Waals surface area (Å²) in [5.74, 6) is 1.12. The molecule has 0 fully saturated rings. The third-order valence-electron chi connectivity index (χ3n) is 4.62. The monoisotopic (exact) mass is 447 g/mol. The zero-order chi connectivity index (χ0) is 21.8. The fourth-order valence-electron chi connectivity index (χ4n) is 3.28. The lowest BCUT2D eigenvalue weighted by molar-refractivity contribution is -0.113. The number of allylic oxidation sites excluding steroid dienone is 1. The lowest BCUT2D eigenvalue weighted by Crippen LogP contribution is -2.45. The van der Waals surface area contributed by atoms with Crippen molar-refractivity contribution in [1.29, 1.82) is 0 Å². The van der Waals surface area contributed by atoms with E-state index in [2.05, 4.69) is 16.0 Å². The summed E-state index contributed by atoms with van der Waals surface area (Å²) < 4.78 is 16.3. The number of carbonyl (C=O) groups is 1. The maximum absolute atomic E-state index is 13.2. The van der Waals surface area contributed by atoms with Crippen LogP contribution in [-0.4, -0.2) is 32.3 Å². The van der Waals surface area contributed by atoms with E-state index in [4.69, 9.17) is 38.0 Å². The molecule has 0 aromatic heterocycles. The van der Waals surface area contributed by atoms with E-state index in [-0.39, 0.29) is 5.91 Å². The van der Waals surface area contributed by atoms with Gasteiger partial charge in [-0.05, 0) is 55.0 Å². The summed E-state index contributed by atoms with van der Waals surface area (Å²) in [6, 6.07) is 9.98. The number of anilines is 1. The van der Waals surface area contributed by atoms with Crippen molar-refractivity contribution in [2.45, 2.75) is 13.0 Å². The van der Waals surface area contributed by atoms with E-state index in [9.17, 15) is 4.79 Å². The van der Waals surface area contributed by atoms with Crippen molar-refractivity contribution in [1.82, 2.24) is 10.6 Å². The summed E-state index contributed by atoms with van der Waals surface area (Å²) in [7, 11) is 4.61. The largest absolute Gasteiger partial charge is 0.493 e. The second-order valence-corrected chi connectivity index (χ2v) is 7.34. The normalized spacial score (nSPS) is 15.8. The molecule has 3 N–H and O–H groups in total. The van der Waals surface area contributed by atoms with Crippen LogP contribution in [0.15, 0.2) is 47.7 Å². The summed E-state index contributed by atoms with van der Waals surface area (Å²) in [5.41, 5.74) is 2.42. The zero-order valence-electron chi connectivity index (χ0n) is 17.0. The van der Waals surface area contributed by atoms with Crippen molar-refractivity contribution in [3.8, 4) is 17.2 Å². The zero-order valence-corrected chi connectivity index (χ0v) is 18.5. The number of benzene rings is 2. The van der Waals surface area contributed by atoms with E-state index in [0.717, 1.165) is 5.56 Å². The van der Waals surface area contributed by atoms with E-state index in [1.807, 2.05) is 0 Å². The Kier molecular flexibility index (Phi) is 6.69. The Hall–Kier alpha value is -2.97. The molecule has 0 spiro atoms. The van der Waals surface area contributed by atoms with E-state index in [0.29, 0.717) is 44.3 Å². The molecule has 3 rings (SSSR count). The van der Waals surface area contributed by atoms with Gasteiger partial charge in [-0.3, -0.25) is 4.79 Å². The third-order valence-corrected chi connectivity index (χ3v) is 5.07. The van der Waals surface area contributed by atoms with Crippen LogP contribution in [0.1, 0.15) is 18.5 Å². The predicted molar refractivity (Wildman–Crippen MR) is 120 cm³/mol. The number of methoxy groups -OCH3 is 3. The molecule has 2 aromatic carbocycles. The average Bonchev–Trinajstić information content (AvgIpc) is 2.71. The van der Waals surface area contributed by atoms with Gasteiger partial charge in [0.1, 0.15) is 0 Å². The van der Waals surface area contributed by atoms with Gasteiger partial charge in [-0.2, -0.15) is 0 Å². The van der Waals surface area contributed by atoms with Crippen molar-refractivity contribution in [2.75, 3.05) is 26.6 Å². The lowest BCUT2D eigenvalue weighted by atomic mass is 9.94. The molecule has 1 heterocycles. The summed E-state index contributed by atoms with van der Waals surface area (Å²) in [4.78, 5) is 13.2. The molecule has 1 aliphatic heterocycles. The Morgan fingerprint density at radius 3 is 2.33 bits per heavy atom. The van der Waals surface area contributed by atoms with Crippen LogP contribution in [0.25, 0.3) is 0 Å². The molecule has 1 atom stereocenters. The van der Waals surface area contributed by atoms with Gasteiger partial charge in [0.05, 0.1) is 32.9 Å². The highest BCUT2D eigenvalue weighted by molar-refractivity contribution is 7.80. The van der Waals surface area contributed by atoms with Gasteiger partial charge in [0.15, 0.2) is 16.6 Å². The number of carbonyl (C=O) groups excluding carboxylic acids is 1. The van der Waals surface area contributed by atoms with Crippen molar-refractivity contribution in [3.05, 3.63) is 58.3 Å². The third kappa shape index (κ3) is 4.44. The first-order valence-electron chi connectivity index (χ1n) is 9.03.